The molecule has 8 heteroatoms. The highest BCUT2D eigenvalue weighted by molar-refractivity contribution is 8.00. The van der Waals surface area contributed by atoms with E-state index in [-0.39, 0.29) is 11.7 Å². The topological polar surface area (TPSA) is 45.6 Å². The number of hydrogen-bond donors (Lipinski definition) is 0. The lowest BCUT2D eigenvalue weighted by molar-refractivity contribution is -0.114. The summed E-state index contributed by atoms with van der Waals surface area (Å²) in [5.74, 6) is -0.0878. The molecule has 3 aromatic carbocycles. The van der Waals surface area contributed by atoms with Gasteiger partial charge in [0.1, 0.15) is 5.82 Å². The van der Waals surface area contributed by atoms with Gasteiger partial charge in [-0.25, -0.2) is 9.37 Å². The Labute approximate surface area is 197 Å². The van der Waals surface area contributed by atoms with Gasteiger partial charge >= 0.3 is 0 Å². The van der Waals surface area contributed by atoms with E-state index in [1.165, 1.54) is 28.5 Å². The van der Waals surface area contributed by atoms with E-state index in [9.17, 15) is 9.18 Å². The van der Waals surface area contributed by atoms with Crippen molar-refractivity contribution < 1.29 is 9.18 Å². The Bertz CT molecular complexity index is 1330. The van der Waals surface area contributed by atoms with Gasteiger partial charge in [-0.15, -0.1) is 11.8 Å². The molecule has 32 heavy (non-hydrogen) atoms. The van der Waals surface area contributed by atoms with Crippen LogP contribution in [0, 0.1) is 5.82 Å². The van der Waals surface area contributed by atoms with Crippen molar-refractivity contribution in [3.63, 3.8) is 0 Å². The Morgan fingerprint density at radius 1 is 1.03 bits per heavy atom. The summed E-state index contributed by atoms with van der Waals surface area (Å²) in [4.78, 5) is 18.9. The molecular formula is C24H15ClFN3OS2. The number of rotatable bonds is 5. The minimum atomic E-state index is -0.326. The van der Waals surface area contributed by atoms with Crippen molar-refractivity contribution >= 4 is 67.7 Å². The summed E-state index contributed by atoms with van der Waals surface area (Å²) in [6.07, 6.45) is 1.75. The minimum absolute atomic E-state index is 0.250. The number of hydrazone groups is 1. The van der Waals surface area contributed by atoms with Crippen LogP contribution in [0.2, 0.25) is 5.02 Å². The van der Waals surface area contributed by atoms with Crippen molar-refractivity contribution in [2.75, 3.05) is 10.8 Å². The number of thioether (sulfide) groups is 1. The van der Waals surface area contributed by atoms with Crippen LogP contribution in [-0.2, 0) is 4.79 Å². The molecule has 0 aliphatic carbocycles. The van der Waals surface area contributed by atoms with Crippen LogP contribution in [0.4, 0.5) is 9.52 Å². The fraction of sp³-hybridized carbons (Fsp3) is 0.0417. The number of fused-ring (bicyclic) bond motifs is 1. The van der Waals surface area contributed by atoms with Crippen molar-refractivity contribution in [1.82, 2.24) is 4.98 Å². The number of nitrogens with zero attached hydrogens (tertiary/aromatic N) is 3. The van der Waals surface area contributed by atoms with Crippen LogP contribution in [0.25, 0.3) is 16.3 Å². The molecular weight excluding hydrogens is 465 g/mol. The number of aromatic nitrogens is 1. The van der Waals surface area contributed by atoms with Crippen LogP contribution in [-0.4, -0.2) is 22.4 Å². The van der Waals surface area contributed by atoms with E-state index in [1.54, 1.807) is 30.0 Å². The number of halogens is 2. The Morgan fingerprint density at radius 3 is 2.53 bits per heavy atom. The van der Waals surface area contributed by atoms with Gasteiger partial charge in [-0.1, -0.05) is 47.2 Å². The van der Waals surface area contributed by atoms with Crippen molar-refractivity contribution in [1.29, 1.82) is 0 Å². The van der Waals surface area contributed by atoms with E-state index in [0.717, 1.165) is 20.7 Å². The molecule has 0 radical (unpaired) electrons. The van der Waals surface area contributed by atoms with Crippen molar-refractivity contribution in [3.05, 3.63) is 94.8 Å². The maximum absolute atomic E-state index is 13.3. The molecule has 1 amide bonds. The van der Waals surface area contributed by atoms with Crippen LogP contribution in [0.15, 0.2) is 88.4 Å². The first kappa shape index (κ1) is 20.9. The monoisotopic (exact) mass is 479 g/mol. The molecule has 1 aromatic heterocycles. The Hall–Kier alpha value is -3.00. The molecule has 0 spiro atoms. The molecule has 158 valence electrons. The number of thiazole rings is 1. The molecule has 0 atom stereocenters. The van der Waals surface area contributed by atoms with E-state index < -0.39 is 0 Å². The molecule has 0 N–H and O–H groups in total. The number of benzene rings is 3. The van der Waals surface area contributed by atoms with Gasteiger partial charge in [0.15, 0.2) is 0 Å². The lowest BCUT2D eigenvalue weighted by Crippen LogP contribution is -2.21. The quantitative estimate of drug-likeness (QED) is 0.237. The highest BCUT2D eigenvalue weighted by Gasteiger charge is 2.33. The number of para-hydroxylation sites is 1. The van der Waals surface area contributed by atoms with Gasteiger partial charge in [-0.3, -0.25) is 4.79 Å². The molecule has 0 unspecified atom stereocenters. The minimum Gasteiger partial charge on any atom is -0.267 e. The summed E-state index contributed by atoms with van der Waals surface area (Å²) < 4.78 is 14.3. The predicted octanol–water partition coefficient (Wildman–Crippen LogP) is 6.67. The normalized spacial score (nSPS) is 15.1. The van der Waals surface area contributed by atoms with E-state index in [2.05, 4.69) is 10.1 Å². The lowest BCUT2D eigenvalue weighted by Gasteiger charge is -2.06. The summed E-state index contributed by atoms with van der Waals surface area (Å²) in [6, 6.07) is 21.3. The average molecular weight is 480 g/mol. The third kappa shape index (κ3) is 4.32. The number of carbonyl (C=O) groups is 1. The number of hydrogen-bond acceptors (Lipinski definition) is 5. The van der Waals surface area contributed by atoms with Crippen LogP contribution < -0.4 is 5.01 Å². The SMILES string of the molecule is O=C1C(=Cc2ccc(F)cc2)C(CSc2ccc(Cl)cc2)=NN1c1nc2ccccc2s1. The third-order valence-corrected chi connectivity index (χ3v) is 7.08. The van der Waals surface area contributed by atoms with Gasteiger partial charge < -0.3 is 0 Å². The maximum atomic E-state index is 13.3. The second kappa shape index (κ2) is 8.86. The Morgan fingerprint density at radius 2 is 1.78 bits per heavy atom. The molecule has 0 saturated carbocycles. The first-order valence-electron chi connectivity index (χ1n) is 9.70. The number of carbonyl (C=O) groups excluding carboxylic acids is 1. The average Bonchev–Trinajstić information content (AvgIpc) is 3.36. The zero-order valence-corrected chi connectivity index (χ0v) is 18.9. The second-order valence-corrected chi connectivity index (χ2v) is 9.47. The molecule has 0 fully saturated rings. The summed E-state index contributed by atoms with van der Waals surface area (Å²) >= 11 is 8.95. The van der Waals surface area contributed by atoms with E-state index in [4.69, 9.17) is 11.6 Å². The first-order chi connectivity index (χ1) is 15.6. The third-order valence-electron chi connectivity index (χ3n) is 4.79. The van der Waals surface area contributed by atoms with Crippen LogP contribution in [0.5, 0.6) is 0 Å². The lowest BCUT2D eigenvalue weighted by atomic mass is 10.1. The summed E-state index contributed by atoms with van der Waals surface area (Å²) in [7, 11) is 0. The van der Waals surface area contributed by atoms with Crippen molar-refractivity contribution in [3.8, 4) is 0 Å². The number of anilines is 1. The van der Waals surface area contributed by atoms with Crippen molar-refractivity contribution in [2.45, 2.75) is 4.90 Å². The maximum Gasteiger partial charge on any atom is 0.282 e. The molecule has 0 saturated heterocycles. The van der Waals surface area contributed by atoms with Gasteiger partial charge in [0.05, 0.1) is 21.5 Å². The predicted molar refractivity (Wildman–Crippen MR) is 131 cm³/mol. The summed E-state index contributed by atoms with van der Waals surface area (Å²) in [6.45, 7) is 0. The first-order valence-corrected chi connectivity index (χ1v) is 11.9. The van der Waals surface area contributed by atoms with Crippen LogP contribution >= 0.6 is 34.7 Å². The Balaban J connectivity index is 1.49. The zero-order valence-electron chi connectivity index (χ0n) is 16.5. The standard InChI is InChI=1S/C24H15ClFN3OS2/c25-16-7-11-18(12-8-16)31-14-21-19(13-15-5-9-17(26)10-6-15)23(30)29(28-21)24-27-20-3-1-2-4-22(20)32-24/h1-13H,14H2. The van der Waals surface area contributed by atoms with Gasteiger partial charge in [0.2, 0.25) is 5.13 Å². The highest BCUT2D eigenvalue weighted by atomic mass is 35.5. The van der Waals surface area contributed by atoms with Crippen molar-refractivity contribution in [2.24, 2.45) is 5.10 Å². The van der Waals surface area contributed by atoms with Crippen LogP contribution in [0.1, 0.15) is 5.56 Å². The summed E-state index contributed by atoms with van der Waals surface area (Å²) in [5, 5.41) is 7.17. The fourth-order valence-electron chi connectivity index (χ4n) is 3.20. The van der Waals surface area contributed by atoms with Gasteiger partial charge in [0, 0.05) is 15.7 Å². The Kier molecular flexibility index (Phi) is 5.78. The van der Waals surface area contributed by atoms with E-state index in [1.807, 2.05) is 48.5 Å². The molecule has 5 rings (SSSR count). The van der Waals surface area contributed by atoms with Gasteiger partial charge in [-0.05, 0) is 60.2 Å². The second-order valence-electron chi connectivity index (χ2n) is 6.98. The smallest absolute Gasteiger partial charge is 0.267 e. The highest BCUT2D eigenvalue weighted by Crippen LogP contribution is 2.33. The van der Waals surface area contributed by atoms with Crippen LogP contribution in [0.3, 0.4) is 0 Å². The molecule has 4 nitrogen and oxygen atoms in total. The fourth-order valence-corrected chi connectivity index (χ4v) is 5.08. The molecule has 0 bridgehead atoms. The summed E-state index contributed by atoms with van der Waals surface area (Å²) in [5.41, 5.74) is 2.66. The van der Waals surface area contributed by atoms with Gasteiger partial charge in [0.25, 0.3) is 5.91 Å². The molecule has 4 aromatic rings. The molecule has 2 heterocycles. The largest absolute Gasteiger partial charge is 0.282 e. The molecule has 1 aliphatic rings. The molecule has 1 aliphatic heterocycles. The van der Waals surface area contributed by atoms with Gasteiger partial charge in [-0.2, -0.15) is 10.1 Å². The number of amides is 1. The zero-order chi connectivity index (χ0) is 22.1. The van der Waals surface area contributed by atoms with E-state index >= 15 is 0 Å². The van der Waals surface area contributed by atoms with E-state index in [0.29, 0.717) is 27.2 Å².